The van der Waals surface area contributed by atoms with E-state index in [-0.39, 0.29) is 24.7 Å². The van der Waals surface area contributed by atoms with E-state index in [1.54, 1.807) is 23.5 Å². The van der Waals surface area contributed by atoms with Gasteiger partial charge in [0.05, 0.1) is 32.0 Å². The molecule has 0 unspecified atom stereocenters. The lowest BCUT2D eigenvalue weighted by Gasteiger charge is -2.11. The number of hydrogen-bond acceptors (Lipinski definition) is 9. The molecule has 6 aromatic rings. The number of aromatic nitrogens is 5. The number of rotatable bonds is 12. The third-order valence-corrected chi connectivity index (χ3v) is 11.2. The number of aromatic hydroxyl groups is 1. The molecular weight excluding hydrogens is 694 g/mol. The van der Waals surface area contributed by atoms with Crippen molar-refractivity contribution in [2.75, 3.05) is 14.2 Å². The summed E-state index contributed by atoms with van der Waals surface area (Å²) in [6, 6.07) is 17.6. The third kappa shape index (κ3) is 6.84. The molecule has 0 bridgehead atoms. The molecule has 0 saturated heterocycles. The average Bonchev–Trinajstić information content (AvgIpc) is 3.71. The molecule has 0 radical (unpaired) electrons. The summed E-state index contributed by atoms with van der Waals surface area (Å²) >= 11 is 10.4. The summed E-state index contributed by atoms with van der Waals surface area (Å²) in [4.78, 5) is 26.1. The molecule has 260 valence electrons. The van der Waals surface area contributed by atoms with Crippen molar-refractivity contribution in [2.24, 2.45) is 14.1 Å². The number of halogens is 1. The van der Waals surface area contributed by atoms with Crippen molar-refractivity contribution in [3.05, 3.63) is 93.7 Å². The molecule has 10 nitrogen and oxygen atoms in total. The number of thioether (sulfide) groups is 2. The highest BCUT2D eigenvalue weighted by Crippen LogP contribution is 2.43. The van der Waals surface area contributed by atoms with Gasteiger partial charge in [0.1, 0.15) is 11.4 Å². The topological polar surface area (TPSA) is 113 Å². The molecule has 13 heteroatoms. The van der Waals surface area contributed by atoms with Gasteiger partial charge in [-0.25, -0.2) is 4.79 Å². The van der Waals surface area contributed by atoms with E-state index in [0.717, 1.165) is 60.5 Å². The van der Waals surface area contributed by atoms with Crippen LogP contribution in [0.3, 0.4) is 0 Å². The Bertz CT molecular complexity index is 2260. The number of methoxy groups -OCH3 is 2. The summed E-state index contributed by atoms with van der Waals surface area (Å²) in [5, 5.41) is 23.4. The SMILES string of the molecule is COC(=O)CCn1c(C(=O)OC)c(C)c2c(-c3c(CSCc4cc(CSc5cc(O)c6ccccc6c5)n(C)n4)nn(C)c3C)c(Cl)ccc21. The average molecular weight is 732 g/mol. The Labute approximate surface area is 303 Å². The smallest absolute Gasteiger partial charge is 0.354 e. The van der Waals surface area contributed by atoms with Gasteiger partial charge in [-0.05, 0) is 55.1 Å². The molecule has 6 rings (SSSR count). The highest BCUT2D eigenvalue weighted by Gasteiger charge is 2.28. The maximum atomic E-state index is 13.1. The van der Waals surface area contributed by atoms with Crippen LogP contribution in [-0.2, 0) is 52.2 Å². The number of hydrogen-bond donors (Lipinski definition) is 1. The second-order valence-electron chi connectivity index (χ2n) is 12.0. The second kappa shape index (κ2) is 14.8. The van der Waals surface area contributed by atoms with Crippen LogP contribution in [0.4, 0.5) is 0 Å². The highest BCUT2D eigenvalue weighted by atomic mass is 35.5. The molecule has 0 fully saturated rings. The molecule has 50 heavy (non-hydrogen) atoms. The van der Waals surface area contributed by atoms with Crippen LogP contribution in [0.2, 0.25) is 5.02 Å². The van der Waals surface area contributed by atoms with Crippen LogP contribution < -0.4 is 0 Å². The van der Waals surface area contributed by atoms with Crippen molar-refractivity contribution in [2.45, 2.75) is 49.0 Å². The van der Waals surface area contributed by atoms with Gasteiger partial charge in [-0.15, -0.1) is 23.5 Å². The second-order valence-corrected chi connectivity index (χ2v) is 14.4. The monoisotopic (exact) mass is 731 g/mol. The Kier molecular flexibility index (Phi) is 10.5. The van der Waals surface area contributed by atoms with Gasteiger partial charge >= 0.3 is 11.9 Å². The van der Waals surface area contributed by atoms with Gasteiger partial charge in [0.2, 0.25) is 0 Å². The zero-order chi connectivity index (χ0) is 35.7. The molecule has 0 aliphatic rings. The maximum absolute atomic E-state index is 13.1. The molecule has 3 aromatic carbocycles. The third-order valence-electron chi connectivity index (χ3n) is 8.94. The minimum atomic E-state index is -0.493. The number of phenolic OH excluding ortho intramolecular Hbond substituents is 1. The van der Waals surface area contributed by atoms with Gasteiger partial charge < -0.3 is 19.1 Å². The van der Waals surface area contributed by atoms with Crippen molar-refractivity contribution in [3.63, 3.8) is 0 Å². The Hall–Kier alpha value is -4.39. The number of nitrogens with zero attached hydrogens (tertiary/aromatic N) is 5. The van der Waals surface area contributed by atoms with Crippen molar-refractivity contribution in [1.82, 2.24) is 24.1 Å². The minimum Gasteiger partial charge on any atom is -0.507 e. The first-order chi connectivity index (χ1) is 24.0. The summed E-state index contributed by atoms with van der Waals surface area (Å²) < 4.78 is 15.6. The number of carbonyl (C=O) groups is 2. The molecule has 0 amide bonds. The number of fused-ring (bicyclic) bond motifs is 2. The molecule has 0 spiro atoms. The first-order valence-electron chi connectivity index (χ1n) is 16.0. The number of benzene rings is 3. The van der Waals surface area contributed by atoms with Gasteiger partial charge in [-0.1, -0.05) is 35.9 Å². The minimum absolute atomic E-state index is 0.0937. The number of ether oxygens (including phenoxy) is 2. The van der Waals surface area contributed by atoms with Crippen molar-refractivity contribution in [1.29, 1.82) is 0 Å². The van der Waals surface area contributed by atoms with Crippen molar-refractivity contribution >= 4 is 68.7 Å². The van der Waals surface area contributed by atoms with Crippen LogP contribution in [0.1, 0.15) is 45.2 Å². The van der Waals surface area contributed by atoms with E-state index in [1.807, 2.05) is 84.3 Å². The van der Waals surface area contributed by atoms with E-state index >= 15 is 0 Å². The highest BCUT2D eigenvalue weighted by molar-refractivity contribution is 7.98. The van der Waals surface area contributed by atoms with E-state index in [0.29, 0.717) is 33.5 Å². The van der Waals surface area contributed by atoms with E-state index in [9.17, 15) is 14.7 Å². The van der Waals surface area contributed by atoms with Gasteiger partial charge in [0.25, 0.3) is 0 Å². The van der Waals surface area contributed by atoms with Crippen LogP contribution in [-0.4, -0.2) is 55.4 Å². The Morgan fingerprint density at radius 1 is 0.920 bits per heavy atom. The summed E-state index contributed by atoms with van der Waals surface area (Å²) in [6.45, 7) is 4.13. The lowest BCUT2D eigenvalue weighted by Crippen LogP contribution is -2.14. The maximum Gasteiger partial charge on any atom is 0.354 e. The zero-order valence-electron chi connectivity index (χ0n) is 28.7. The summed E-state index contributed by atoms with van der Waals surface area (Å²) in [7, 11) is 6.55. The number of carbonyl (C=O) groups excluding carboxylic acids is 2. The fraction of sp³-hybridized carbons (Fsp3) is 0.297. The summed E-state index contributed by atoms with van der Waals surface area (Å²) in [5.41, 5.74) is 7.42. The molecule has 3 aromatic heterocycles. The lowest BCUT2D eigenvalue weighted by molar-refractivity contribution is -0.140. The Morgan fingerprint density at radius 3 is 2.46 bits per heavy atom. The number of phenols is 1. The first-order valence-corrected chi connectivity index (χ1v) is 18.5. The Balaban J connectivity index is 1.25. The lowest BCUT2D eigenvalue weighted by atomic mass is 9.97. The number of esters is 2. The van der Waals surface area contributed by atoms with E-state index < -0.39 is 5.97 Å². The normalized spacial score (nSPS) is 11.5. The van der Waals surface area contributed by atoms with E-state index in [2.05, 4.69) is 12.1 Å². The molecule has 3 heterocycles. The standard InChI is InChI=1S/C37H38ClN5O5S2/c1-21-33-30(43(14-13-32(45)47-5)36(21)37(46)48-6)12-11-28(38)35(33)34-22(2)41(3)40-29(34)20-49-18-24-16-25(42(4)39-24)19-50-26-15-23-9-7-8-10-27(23)31(44)17-26/h7-12,15-17,44H,13-14,18-20H2,1-6H3. The Morgan fingerprint density at radius 2 is 1.70 bits per heavy atom. The van der Waals surface area contributed by atoms with Crippen LogP contribution in [0.5, 0.6) is 5.75 Å². The summed E-state index contributed by atoms with van der Waals surface area (Å²) in [6.07, 6.45) is 0.0937. The largest absolute Gasteiger partial charge is 0.507 e. The van der Waals surface area contributed by atoms with Crippen LogP contribution >= 0.6 is 35.1 Å². The van der Waals surface area contributed by atoms with Gasteiger partial charge in [0, 0.05) is 86.6 Å². The van der Waals surface area contributed by atoms with E-state index in [1.165, 1.54) is 14.2 Å². The van der Waals surface area contributed by atoms with Gasteiger partial charge in [-0.2, -0.15) is 10.2 Å². The molecular formula is C37H38ClN5O5S2. The first kappa shape index (κ1) is 35.4. The van der Waals surface area contributed by atoms with Crippen LogP contribution in [0, 0.1) is 13.8 Å². The number of aryl methyl sites for hydroxylation is 4. The zero-order valence-corrected chi connectivity index (χ0v) is 31.1. The predicted octanol–water partition coefficient (Wildman–Crippen LogP) is 7.98. The van der Waals surface area contributed by atoms with Gasteiger partial charge in [0.15, 0.2) is 0 Å². The predicted molar refractivity (Wildman–Crippen MR) is 200 cm³/mol. The van der Waals surface area contributed by atoms with Crippen molar-refractivity contribution in [3.8, 4) is 16.9 Å². The van der Waals surface area contributed by atoms with Crippen molar-refractivity contribution < 1.29 is 24.2 Å². The van der Waals surface area contributed by atoms with Gasteiger partial charge in [-0.3, -0.25) is 14.2 Å². The molecule has 0 saturated carbocycles. The van der Waals surface area contributed by atoms with Crippen LogP contribution in [0.15, 0.2) is 59.5 Å². The summed E-state index contributed by atoms with van der Waals surface area (Å²) in [5.74, 6) is 1.41. The quantitative estimate of drug-likeness (QED) is 0.0989. The molecule has 0 aliphatic heterocycles. The molecule has 0 atom stereocenters. The molecule has 0 aliphatic carbocycles. The fourth-order valence-electron chi connectivity index (χ4n) is 6.39. The van der Waals surface area contributed by atoms with Crippen LogP contribution in [0.25, 0.3) is 32.8 Å². The van der Waals surface area contributed by atoms with E-state index in [4.69, 9.17) is 31.3 Å². The fourth-order valence-corrected chi connectivity index (χ4v) is 8.48. The molecule has 1 N–H and O–H groups in total.